The van der Waals surface area contributed by atoms with E-state index in [4.69, 9.17) is 5.11 Å². The molecule has 1 amide bonds. The molecule has 96 valence electrons. The summed E-state index contributed by atoms with van der Waals surface area (Å²) in [5.74, 6) is -1.27. The molecule has 1 aliphatic heterocycles. The Balaban J connectivity index is 2.62. The van der Waals surface area contributed by atoms with Crippen molar-refractivity contribution in [3.63, 3.8) is 0 Å². The molecule has 3 N–H and O–H groups in total. The first-order chi connectivity index (χ1) is 7.99. The molecule has 5 heteroatoms. The van der Waals surface area contributed by atoms with E-state index in [-0.39, 0.29) is 12.3 Å². The minimum absolute atomic E-state index is 0.233. The lowest BCUT2D eigenvalue weighted by Crippen LogP contribution is -2.59. The van der Waals surface area contributed by atoms with Crippen LogP contribution in [0.4, 0.5) is 0 Å². The maximum Gasteiger partial charge on any atom is 0.326 e. The van der Waals surface area contributed by atoms with Crippen LogP contribution in [0.25, 0.3) is 0 Å². The second kappa shape index (κ2) is 5.82. The summed E-state index contributed by atoms with van der Waals surface area (Å²) in [6.07, 6.45) is 4.50. The Morgan fingerprint density at radius 2 is 2.29 bits per heavy atom. The van der Waals surface area contributed by atoms with E-state index in [0.717, 1.165) is 25.8 Å². The average molecular weight is 240 g/mol. The van der Waals surface area contributed by atoms with Gasteiger partial charge in [-0.2, -0.15) is 0 Å². The third-order valence-electron chi connectivity index (χ3n) is 3.13. The highest BCUT2D eigenvalue weighted by Gasteiger charge is 2.36. The van der Waals surface area contributed by atoms with Crippen LogP contribution >= 0.6 is 0 Å². The Labute approximate surface area is 101 Å². The zero-order valence-corrected chi connectivity index (χ0v) is 10.2. The number of carboxylic acids is 1. The van der Waals surface area contributed by atoms with E-state index in [1.165, 1.54) is 6.08 Å². The standard InChI is InChI=1S/C12H20N2O3/c1-3-6-9(10(15)16)14-11(17)12(2)7-4-5-8-13-12/h3,9,13H,1,4-8H2,2H3,(H,14,17)(H,15,16). The summed E-state index contributed by atoms with van der Waals surface area (Å²) in [5.41, 5.74) is -0.646. The van der Waals surface area contributed by atoms with E-state index in [0.29, 0.717) is 0 Å². The van der Waals surface area contributed by atoms with Gasteiger partial charge in [0.15, 0.2) is 0 Å². The SMILES string of the molecule is C=CCC(NC(=O)C1(C)CCCCN1)C(=O)O. The number of nitrogens with one attached hydrogen (secondary N) is 2. The van der Waals surface area contributed by atoms with E-state index in [9.17, 15) is 9.59 Å². The predicted molar refractivity (Wildman–Crippen MR) is 64.6 cm³/mol. The van der Waals surface area contributed by atoms with Crippen LogP contribution < -0.4 is 10.6 Å². The van der Waals surface area contributed by atoms with Crippen molar-refractivity contribution in [3.8, 4) is 0 Å². The molecule has 0 spiro atoms. The van der Waals surface area contributed by atoms with Gasteiger partial charge in [0, 0.05) is 0 Å². The molecule has 0 aliphatic carbocycles. The largest absolute Gasteiger partial charge is 0.480 e. The molecule has 1 rings (SSSR count). The van der Waals surface area contributed by atoms with Crippen LogP contribution in [0.15, 0.2) is 12.7 Å². The van der Waals surface area contributed by atoms with Crippen LogP contribution in [0.3, 0.4) is 0 Å². The minimum Gasteiger partial charge on any atom is -0.480 e. The average Bonchev–Trinajstić information content (AvgIpc) is 2.29. The summed E-state index contributed by atoms with van der Waals surface area (Å²) in [5, 5.41) is 14.7. The first-order valence-corrected chi connectivity index (χ1v) is 5.89. The number of amides is 1. The van der Waals surface area contributed by atoms with Gasteiger partial charge < -0.3 is 15.7 Å². The molecule has 1 fully saturated rings. The smallest absolute Gasteiger partial charge is 0.326 e. The van der Waals surface area contributed by atoms with Gasteiger partial charge in [0.05, 0.1) is 5.54 Å². The lowest BCUT2D eigenvalue weighted by atomic mass is 9.89. The molecule has 1 heterocycles. The first-order valence-electron chi connectivity index (χ1n) is 5.89. The number of hydrogen-bond acceptors (Lipinski definition) is 3. The predicted octanol–water partition coefficient (Wildman–Crippen LogP) is 0.664. The van der Waals surface area contributed by atoms with Crippen molar-refractivity contribution in [1.29, 1.82) is 0 Å². The van der Waals surface area contributed by atoms with Crippen LogP contribution in [-0.2, 0) is 9.59 Å². The van der Waals surface area contributed by atoms with E-state index in [1.807, 2.05) is 6.92 Å². The normalized spacial score (nSPS) is 25.9. The zero-order valence-electron chi connectivity index (χ0n) is 10.2. The van der Waals surface area contributed by atoms with Gasteiger partial charge in [0.1, 0.15) is 6.04 Å². The van der Waals surface area contributed by atoms with E-state index in [1.54, 1.807) is 0 Å². The zero-order chi connectivity index (χ0) is 12.9. The lowest BCUT2D eigenvalue weighted by molar-refractivity contribution is -0.143. The highest BCUT2D eigenvalue weighted by Crippen LogP contribution is 2.19. The maximum absolute atomic E-state index is 12.0. The molecule has 1 saturated heterocycles. The fourth-order valence-corrected chi connectivity index (χ4v) is 1.96. The fraction of sp³-hybridized carbons (Fsp3) is 0.667. The molecule has 0 aromatic carbocycles. The molecule has 2 unspecified atom stereocenters. The van der Waals surface area contributed by atoms with Crippen LogP contribution in [-0.4, -0.2) is 35.1 Å². The monoisotopic (exact) mass is 240 g/mol. The van der Waals surface area contributed by atoms with Crippen LogP contribution in [0, 0.1) is 0 Å². The Morgan fingerprint density at radius 3 is 2.76 bits per heavy atom. The fourth-order valence-electron chi connectivity index (χ4n) is 1.96. The number of aliphatic carboxylic acids is 1. The van der Waals surface area contributed by atoms with Gasteiger partial charge in [-0.25, -0.2) is 4.79 Å². The molecular formula is C12H20N2O3. The summed E-state index contributed by atoms with van der Waals surface area (Å²) < 4.78 is 0. The summed E-state index contributed by atoms with van der Waals surface area (Å²) in [4.78, 5) is 23.0. The van der Waals surface area contributed by atoms with Crippen molar-refractivity contribution in [2.45, 2.75) is 44.2 Å². The molecule has 1 aliphatic rings. The van der Waals surface area contributed by atoms with E-state index in [2.05, 4.69) is 17.2 Å². The lowest BCUT2D eigenvalue weighted by Gasteiger charge is -2.34. The Hall–Kier alpha value is -1.36. The van der Waals surface area contributed by atoms with Crippen LogP contribution in [0.5, 0.6) is 0 Å². The van der Waals surface area contributed by atoms with Crippen molar-refractivity contribution in [2.75, 3.05) is 6.54 Å². The topological polar surface area (TPSA) is 78.4 Å². The van der Waals surface area contributed by atoms with E-state index < -0.39 is 17.6 Å². The third-order valence-corrected chi connectivity index (χ3v) is 3.13. The highest BCUT2D eigenvalue weighted by atomic mass is 16.4. The molecule has 0 aromatic heterocycles. The van der Waals surface area contributed by atoms with Crippen molar-refractivity contribution in [2.24, 2.45) is 0 Å². The number of carboxylic acid groups (broad SMARTS) is 1. The molecule has 17 heavy (non-hydrogen) atoms. The Kier molecular flexibility index (Phi) is 4.69. The van der Waals surface area contributed by atoms with Crippen molar-refractivity contribution in [1.82, 2.24) is 10.6 Å². The number of carbonyl (C=O) groups is 2. The number of piperidine rings is 1. The Bertz CT molecular complexity index is 309. The van der Waals surface area contributed by atoms with E-state index >= 15 is 0 Å². The second-order valence-corrected chi connectivity index (χ2v) is 4.60. The molecule has 0 radical (unpaired) electrons. The molecule has 2 atom stereocenters. The number of carbonyl (C=O) groups excluding carboxylic acids is 1. The molecule has 5 nitrogen and oxygen atoms in total. The van der Waals surface area contributed by atoms with Crippen LogP contribution in [0.1, 0.15) is 32.6 Å². The summed E-state index contributed by atoms with van der Waals surface area (Å²) in [6, 6.07) is -0.888. The molecular weight excluding hydrogens is 220 g/mol. The van der Waals surface area contributed by atoms with Gasteiger partial charge in [-0.15, -0.1) is 6.58 Å². The maximum atomic E-state index is 12.0. The minimum atomic E-state index is -1.03. The third kappa shape index (κ3) is 3.56. The van der Waals surface area contributed by atoms with Gasteiger partial charge in [-0.1, -0.05) is 6.08 Å². The van der Waals surface area contributed by atoms with Crippen molar-refractivity contribution >= 4 is 11.9 Å². The Morgan fingerprint density at radius 1 is 1.59 bits per heavy atom. The summed E-state index contributed by atoms with van der Waals surface area (Å²) in [6.45, 7) is 6.10. The van der Waals surface area contributed by atoms with Gasteiger partial charge >= 0.3 is 5.97 Å². The highest BCUT2D eigenvalue weighted by molar-refractivity contribution is 5.90. The summed E-state index contributed by atoms with van der Waals surface area (Å²) >= 11 is 0. The number of hydrogen-bond donors (Lipinski definition) is 3. The molecule has 0 bridgehead atoms. The van der Waals surface area contributed by atoms with Crippen molar-refractivity contribution < 1.29 is 14.7 Å². The van der Waals surface area contributed by atoms with Crippen molar-refractivity contribution in [3.05, 3.63) is 12.7 Å². The first kappa shape index (κ1) is 13.7. The van der Waals surface area contributed by atoms with Gasteiger partial charge in [-0.3, -0.25) is 4.79 Å². The van der Waals surface area contributed by atoms with Crippen LogP contribution in [0.2, 0.25) is 0 Å². The van der Waals surface area contributed by atoms with Gasteiger partial charge in [0.2, 0.25) is 5.91 Å². The quantitative estimate of drug-likeness (QED) is 0.617. The second-order valence-electron chi connectivity index (χ2n) is 4.60. The van der Waals surface area contributed by atoms with Gasteiger partial charge in [-0.05, 0) is 39.2 Å². The van der Waals surface area contributed by atoms with Gasteiger partial charge in [0.25, 0.3) is 0 Å². The summed E-state index contributed by atoms with van der Waals surface area (Å²) in [7, 11) is 0. The molecule has 0 saturated carbocycles. The number of rotatable bonds is 5. The molecule has 0 aromatic rings.